The number of benzene rings is 1. The van der Waals surface area contributed by atoms with E-state index in [-0.39, 0.29) is 12.1 Å². The Hall–Kier alpha value is -3.10. The Morgan fingerprint density at radius 1 is 1.10 bits per heavy atom. The van der Waals surface area contributed by atoms with E-state index in [0.717, 1.165) is 33.2 Å². The summed E-state index contributed by atoms with van der Waals surface area (Å²) in [7, 11) is 1.61. The average molecular weight is 407 g/mol. The Bertz CT molecular complexity index is 1100. The highest BCUT2D eigenvalue weighted by Gasteiger charge is 2.18. The molecule has 0 saturated heterocycles. The minimum Gasteiger partial charge on any atom is -0.493 e. The second-order valence-electron chi connectivity index (χ2n) is 6.82. The maximum Gasteiger partial charge on any atom is 0.206 e. The van der Waals surface area contributed by atoms with Crippen molar-refractivity contribution in [3.05, 3.63) is 60.4 Å². The van der Waals surface area contributed by atoms with Crippen molar-refractivity contribution in [2.75, 3.05) is 12.4 Å². The Labute approximate surface area is 173 Å². The number of fused-ring (bicyclic) bond motifs is 1. The molecule has 2 atom stereocenters. The number of nitrogens with zero attached hydrogens (tertiary/aromatic N) is 4. The highest BCUT2D eigenvalue weighted by Crippen LogP contribution is 2.29. The minimum absolute atomic E-state index is 0.0434. The third-order valence-electron chi connectivity index (χ3n) is 4.67. The molecule has 0 saturated carbocycles. The minimum atomic E-state index is -0.0434. The second-order valence-corrected chi connectivity index (χ2v) is 7.80. The van der Waals surface area contributed by atoms with Gasteiger partial charge in [0, 0.05) is 23.7 Å². The molecular formula is C21H22N6OS. The zero-order chi connectivity index (χ0) is 20.2. The van der Waals surface area contributed by atoms with Gasteiger partial charge in [-0.15, -0.1) is 10.2 Å². The number of pyridine rings is 2. The van der Waals surface area contributed by atoms with Crippen LogP contribution >= 0.6 is 11.3 Å². The van der Waals surface area contributed by atoms with Gasteiger partial charge in [0.25, 0.3) is 0 Å². The van der Waals surface area contributed by atoms with E-state index in [1.807, 2.05) is 37.3 Å². The fraction of sp³-hybridized carbons (Fsp3) is 0.238. The van der Waals surface area contributed by atoms with Crippen LogP contribution in [0.4, 0.5) is 5.13 Å². The first kappa shape index (κ1) is 19.2. The van der Waals surface area contributed by atoms with Gasteiger partial charge in [-0.2, -0.15) is 0 Å². The molecule has 1 aromatic carbocycles. The summed E-state index contributed by atoms with van der Waals surface area (Å²) in [4.78, 5) is 8.86. The SMILES string of the molecule is COc1cncc2ccc(-c3nnc(NC(Cc4ccccc4)[C@@H](C)N)s3)nc12. The number of hydrogen-bond acceptors (Lipinski definition) is 8. The predicted molar refractivity (Wildman–Crippen MR) is 116 cm³/mol. The first-order chi connectivity index (χ1) is 14.1. The number of ether oxygens (including phenoxy) is 1. The van der Waals surface area contributed by atoms with Crippen molar-refractivity contribution in [2.24, 2.45) is 5.73 Å². The summed E-state index contributed by atoms with van der Waals surface area (Å²) in [5.41, 5.74) is 8.93. The molecule has 0 aliphatic carbocycles. The summed E-state index contributed by atoms with van der Waals surface area (Å²) in [5.74, 6) is 0.632. The van der Waals surface area contributed by atoms with Crippen molar-refractivity contribution in [1.29, 1.82) is 0 Å². The topological polar surface area (TPSA) is 98.8 Å². The lowest BCUT2D eigenvalue weighted by Crippen LogP contribution is -2.39. The van der Waals surface area contributed by atoms with Crippen molar-refractivity contribution < 1.29 is 4.74 Å². The standard InChI is InChI=1S/C21H22N6OS/c1-13(22)17(10-14-6-4-3-5-7-14)25-21-27-26-20(29-21)16-9-8-15-11-23-12-18(28-2)19(15)24-16/h3-9,11-13,17H,10,22H2,1-2H3,(H,25,27)/t13-,17?/m1/s1. The molecule has 3 aromatic heterocycles. The zero-order valence-electron chi connectivity index (χ0n) is 16.2. The largest absolute Gasteiger partial charge is 0.493 e. The first-order valence-electron chi connectivity index (χ1n) is 9.32. The van der Waals surface area contributed by atoms with Crippen LogP contribution in [0.1, 0.15) is 12.5 Å². The van der Waals surface area contributed by atoms with E-state index in [1.54, 1.807) is 19.5 Å². The Kier molecular flexibility index (Phi) is 5.64. The quantitative estimate of drug-likeness (QED) is 0.484. The number of rotatable bonds is 7. The van der Waals surface area contributed by atoms with Gasteiger partial charge in [0.15, 0.2) is 10.8 Å². The molecule has 1 unspecified atom stereocenters. The molecule has 8 heteroatoms. The van der Waals surface area contributed by atoms with E-state index < -0.39 is 0 Å². The van der Waals surface area contributed by atoms with Gasteiger partial charge in [0.2, 0.25) is 5.13 Å². The monoisotopic (exact) mass is 406 g/mol. The summed E-state index contributed by atoms with van der Waals surface area (Å²) in [6, 6.07) is 14.2. The van der Waals surface area contributed by atoms with Gasteiger partial charge in [-0.1, -0.05) is 41.7 Å². The molecule has 0 bridgehead atoms. The second kappa shape index (κ2) is 8.50. The molecule has 4 aromatic rings. The van der Waals surface area contributed by atoms with Crippen LogP contribution in [0.25, 0.3) is 21.6 Å². The van der Waals surface area contributed by atoms with Crippen molar-refractivity contribution in [2.45, 2.75) is 25.4 Å². The van der Waals surface area contributed by atoms with E-state index in [4.69, 9.17) is 15.5 Å². The number of nitrogens with two attached hydrogens (primary N) is 1. The van der Waals surface area contributed by atoms with Gasteiger partial charge in [0.1, 0.15) is 11.2 Å². The molecule has 3 heterocycles. The predicted octanol–water partition coefficient (Wildman–Crippen LogP) is 3.53. The van der Waals surface area contributed by atoms with Gasteiger partial charge in [-0.25, -0.2) is 4.98 Å². The summed E-state index contributed by atoms with van der Waals surface area (Å²) >= 11 is 1.46. The van der Waals surface area contributed by atoms with Crippen LogP contribution in [-0.4, -0.2) is 39.4 Å². The average Bonchev–Trinajstić information content (AvgIpc) is 3.21. The van der Waals surface area contributed by atoms with E-state index in [9.17, 15) is 0 Å². The zero-order valence-corrected chi connectivity index (χ0v) is 17.1. The van der Waals surface area contributed by atoms with E-state index in [2.05, 4.69) is 32.6 Å². The van der Waals surface area contributed by atoms with Crippen LogP contribution in [0.2, 0.25) is 0 Å². The summed E-state index contributed by atoms with van der Waals surface area (Å²) in [5, 5.41) is 14.4. The van der Waals surface area contributed by atoms with Gasteiger partial charge in [0.05, 0.1) is 13.3 Å². The summed E-state index contributed by atoms with van der Waals surface area (Å²) in [6.07, 6.45) is 4.23. The molecule has 0 spiro atoms. The fourth-order valence-electron chi connectivity index (χ4n) is 3.07. The van der Waals surface area contributed by atoms with Crippen LogP contribution in [0, 0.1) is 0 Å². The lowest BCUT2D eigenvalue weighted by Gasteiger charge is -2.21. The van der Waals surface area contributed by atoms with Gasteiger partial charge in [-0.05, 0) is 31.0 Å². The smallest absolute Gasteiger partial charge is 0.206 e. The number of aromatic nitrogens is 4. The van der Waals surface area contributed by atoms with Crippen molar-refractivity contribution >= 4 is 27.4 Å². The van der Waals surface area contributed by atoms with Gasteiger partial charge in [-0.3, -0.25) is 4.98 Å². The van der Waals surface area contributed by atoms with Crippen LogP contribution in [-0.2, 0) is 6.42 Å². The molecule has 0 aliphatic rings. The third-order valence-corrected chi connectivity index (χ3v) is 5.55. The lowest BCUT2D eigenvalue weighted by molar-refractivity contribution is 0.417. The summed E-state index contributed by atoms with van der Waals surface area (Å²) in [6.45, 7) is 1.99. The van der Waals surface area contributed by atoms with Crippen molar-refractivity contribution in [3.8, 4) is 16.5 Å². The Morgan fingerprint density at radius 2 is 1.93 bits per heavy atom. The fourth-order valence-corrected chi connectivity index (χ4v) is 3.84. The molecule has 4 rings (SSSR count). The highest BCUT2D eigenvalue weighted by molar-refractivity contribution is 7.18. The Morgan fingerprint density at radius 3 is 2.69 bits per heavy atom. The first-order valence-corrected chi connectivity index (χ1v) is 10.1. The molecule has 0 aliphatic heterocycles. The molecule has 0 amide bonds. The van der Waals surface area contributed by atoms with Crippen molar-refractivity contribution in [3.63, 3.8) is 0 Å². The Balaban J connectivity index is 1.56. The van der Waals surface area contributed by atoms with Gasteiger partial charge >= 0.3 is 0 Å². The van der Waals surface area contributed by atoms with E-state index >= 15 is 0 Å². The lowest BCUT2D eigenvalue weighted by atomic mass is 10.0. The normalized spacial score (nSPS) is 13.2. The van der Waals surface area contributed by atoms with Crippen LogP contribution in [0.15, 0.2) is 54.9 Å². The molecule has 29 heavy (non-hydrogen) atoms. The number of hydrogen-bond donors (Lipinski definition) is 2. The van der Waals surface area contributed by atoms with E-state index in [0.29, 0.717) is 5.75 Å². The van der Waals surface area contributed by atoms with Gasteiger partial charge < -0.3 is 15.8 Å². The molecule has 0 radical (unpaired) electrons. The van der Waals surface area contributed by atoms with Crippen LogP contribution in [0.5, 0.6) is 5.75 Å². The molecule has 148 valence electrons. The highest BCUT2D eigenvalue weighted by atomic mass is 32.1. The number of anilines is 1. The van der Waals surface area contributed by atoms with Crippen LogP contribution < -0.4 is 15.8 Å². The number of methoxy groups -OCH3 is 1. The molecule has 3 N–H and O–H groups in total. The molecule has 0 fully saturated rings. The maximum atomic E-state index is 6.21. The maximum absolute atomic E-state index is 6.21. The number of nitrogens with one attached hydrogen (secondary N) is 1. The van der Waals surface area contributed by atoms with Crippen molar-refractivity contribution in [1.82, 2.24) is 20.2 Å². The molecule has 7 nitrogen and oxygen atoms in total. The third kappa shape index (κ3) is 4.33. The van der Waals surface area contributed by atoms with Crippen LogP contribution in [0.3, 0.4) is 0 Å². The summed E-state index contributed by atoms with van der Waals surface area (Å²) < 4.78 is 5.38. The van der Waals surface area contributed by atoms with E-state index in [1.165, 1.54) is 16.9 Å². The molecular weight excluding hydrogens is 384 g/mol.